The van der Waals surface area contributed by atoms with Crippen molar-refractivity contribution in [3.05, 3.63) is 42.1 Å². The molecule has 1 aromatic carbocycles. The molecule has 1 fully saturated rings. The summed E-state index contributed by atoms with van der Waals surface area (Å²) in [6, 6.07) is 10.9. The van der Waals surface area contributed by atoms with Crippen LogP contribution in [0.2, 0.25) is 0 Å². The lowest BCUT2D eigenvalue weighted by atomic mass is 9.97. The van der Waals surface area contributed by atoms with E-state index in [1.807, 2.05) is 19.1 Å². The van der Waals surface area contributed by atoms with Crippen molar-refractivity contribution in [3.63, 3.8) is 0 Å². The number of fused-ring (bicyclic) bond motifs is 1. The third kappa shape index (κ3) is 5.07. The zero-order chi connectivity index (χ0) is 20.9. The number of nitrogens with one attached hydrogen (secondary N) is 2. The van der Waals surface area contributed by atoms with Gasteiger partial charge in [0.25, 0.3) is 0 Å². The van der Waals surface area contributed by atoms with Crippen LogP contribution in [-0.2, 0) is 9.59 Å². The molecular weight excluding hydrogens is 384 g/mol. The molecule has 1 atom stereocenters. The van der Waals surface area contributed by atoms with Gasteiger partial charge in [0, 0.05) is 37.0 Å². The Morgan fingerprint density at radius 2 is 2.03 bits per heavy atom. The second-order valence-corrected chi connectivity index (χ2v) is 7.66. The van der Waals surface area contributed by atoms with Gasteiger partial charge in [-0.1, -0.05) is 6.07 Å². The smallest absolute Gasteiger partial charge is 0.231 e. The number of rotatable bonds is 6. The minimum Gasteiger partial charge on any atom is -0.454 e. The highest BCUT2D eigenvalue weighted by molar-refractivity contribution is 5.92. The normalized spacial score (nSPS) is 18.1. The molecular formula is C22H26N4O4. The molecule has 8 heteroatoms. The molecule has 0 radical (unpaired) electrons. The molecule has 4 rings (SSSR count). The van der Waals surface area contributed by atoms with Crippen LogP contribution in [0.4, 0.5) is 11.5 Å². The molecule has 2 aliphatic rings. The number of anilines is 2. The van der Waals surface area contributed by atoms with Gasteiger partial charge in [0.05, 0.1) is 5.92 Å². The standard InChI is InChI=1S/C22H26N4O4/c1-15-4-2-6-20(23-15)25-22(28)16-5-3-10-26(13-16)11-9-21(27)24-17-7-8-18-19(12-17)30-14-29-18/h2,4,6-8,12,16H,3,5,9-11,13-14H2,1H3,(H,24,27)(H,23,25,28). The summed E-state index contributed by atoms with van der Waals surface area (Å²) in [6.07, 6.45) is 2.14. The summed E-state index contributed by atoms with van der Waals surface area (Å²) in [6.45, 7) is 4.25. The molecule has 1 aromatic heterocycles. The fourth-order valence-corrected chi connectivity index (χ4v) is 3.77. The molecule has 2 amide bonds. The molecule has 2 N–H and O–H groups in total. The minimum atomic E-state index is -0.0991. The maximum atomic E-state index is 12.6. The van der Waals surface area contributed by atoms with E-state index in [0.717, 1.165) is 25.1 Å². The number of likely N-dealkylation sites (tertiary alicyclic amines) is 1. The molecule has 2 aliphatic heterocycles. The maximum Gasteiger partial charge on any atom is 0.231 e. The molecule has 2 aromatic rings. The van der Waals surface area contributed by atoms with E-state index in [1.54, 1.807) is 24.3 Å². The first-order valence-electron chi connectivity index (χ1n) is 10.2. The number of aryl methyl sites for hydroxylation is 1. The SMILES string of the molecule is Cc1cccc(NC(=O)C2CCCN(CCC(=O)Nc3ccc4c(c3)OCO4)C2)n1. The predicted octanol–water partition coefficient (Wildman–Crippen LogP) is 2.80. The van der Waals surface area contributed by atoms with Crippen LogP contribution in [0.3, 0.4) is 0 Å². The quantitative estimate of drug-likeness (QED) is 0.761. The molecule has 158 valence electrons. The van der Waals surface area contributed by atoms with Crippen molar-refractivity contribution < 1.29 is 19.1 Å². The fourth-order valence-electron chi connectivity index (χ4n) is 3.77. The van der Waals surface area contributed by atoms with Crippen molar-refractivity contribution >= 4 is 23.3 Å². The molecule has 0 aliphatic carbocycles. The number of nitrogens with zero attached hydrogens (tertiary/aromatic N) is 2. The van der Waals surface area contributed by atoms with E-state index in [-0.39, 0.29) is 24.5 Å². The lowest BCUT2D eigenvalue weighted by Crippen LogP contribution is -2.41. The van der Waals surface area contributed by atoms with Gasteiger partial charge >= 0.3 is 0 Å². The highest BCUT2D eigenvalue weighted by Gasteiger charge is 2.26. The average Bonchev–Trinajstić information content (AvgIpc) is 3.20. The van der Waals surface area contributed by atoms with Crippen LogP contribution >= 0.6 is 0 Å². The summed E-state index contributed by atoms with van der Waals surface area (Å²) >= 11 is 0. The highest BCUT2D eigenvalue weighted by atomic mass is 16.7. The Labute approximate surface area is 175 Å². The summed E-state index contributed by atoms with van der Waals surface area (Å²) in [5, 5.41) is 5.81. The van der Waals surface area contributed by atoms with Crippen molar-refractivity contribution in [2.75, 3.05) is 37.1 Å². The molecule has 0 saturated carbocycles. The zero-order valence-corrected chi connectivity index (χ0v) is 17.0. The van der Waals surface area contributed by atoms with Crippen LogP contribution < -0.4 is 20.1 Å². The first kappa shape index (κ1) is 20.2. The van der Waals surface area contributed by atoms with Crippen LogP contribution in [0.1, 0.15) is 25.0 Å². The molecule has 0 bridgehead atoms. The molecule has 1 saturated heterocycles. The number of carbonyl (C=O) groups excluding carboxylic acids is 2. The minimum absolute atomic E-state index is 0.0115. The lowest BCUT2D eigenvalue weighted by Gasteiger charge is -2.31. The Hall–Kier alpha value is -3.13. The van der Waals surface area contributed by atoms with E-state index < -0.39 is 0 Å². The van der Waals surface area contributed by atoms with Crippen LogP contribution in [0.25, 0.3) is 0 Å². The van der Waals surface area contributed by atoms with Gasteiger partial charge < -0.3 is 25.0 Å². The fraction of sp³-hybridized carbons (Fsp3) is 0.409. The van der Waals surface area contributed by atoms with Crippen LogP contribution in [0, 0.1) is 12.8 Å². The van der Waals surface area contributed by atoms with Gasteiger partial charge in [-0.05, 0) is 50.6 Å². The van der Waals surface area contributed by atoms with Gasteiger partial charge in [0.15, 0.2) is 11.5 Å². The molecule has 30 heavy (non-hydrogen) atoms. The monoisotopic (exact) mass is 410 g/mol. The second-order valence-electron chi connectivity index (χ2n) is 7.66. The highest BCUT2D eigenvalue weighted by Crippen LogP contribution is 2.34. The lowest BCUT2D eigenvalue weighted by molar-refractivity contribution is -0.121. The van der Waals surface area contributed by atoms with E-state index in [1.165, 1.54) is 0 Å². The third-order valence-electron chi connectivity index (χ3n) is 5.33. The van der Waals surface area contributed by atoms with Gasteiger partial charge in [-0.2, -0.15) is 0 Å². The summed E-state index contributed by atoms with van der Waals surface area (Å²) in [4.78, 5) is 31.5. The van der Waals surface area contributed by atoms with E-state index in [9.17, 15) is 9.59 Å². The maximum absolute atomic E-state index is 12.6. The van der Waals surface area contributed by atoms with Crippen LogP contribution in [-0.4, -0.2) is 48.1 Å². The molecule has 8 nitrogen and oxygen atoms in total. The van der Waals surface area contributed by atoms with Gasteiger partial charge in [-0.3, -0.25) is 9.59 Å². The topological polar surface area (TPSA) is 92.8 Å². The predicted molar refractivity (Wildman–Crippen MR) is 113 cm³/mol. The number of hydrogen-bond donors (Lipinski definition) is 2. The summed E-state index contributed by atoms with van der Waals surface area (Å²) in [5.74, 6) is 1.73. The number of aromatic nitrogens is 1. The Morgan fingerprint density at radius 1 is 1.17 bits per heavy atom. The van der Waals surface area contributed by atoms with E-state index in [0.29, 0.717) is 42.5 Å². The summed E-state index contributed by atoms with van der Waals surface area (Å²) < 4.78 is 10.6. The van der Waals surface area contributed by atoms with Crippen molar-refractivity contribution in [3.8, 4) is 11.5 Å². The van der Waals surface area contributed by atoms with Crippen molar-refractivity contribution in [2.24, 2.45) is 5.92 Å². The molecule has 3 heterocycles. The van der Waals surface area contributed by atoms with Crippen LogP contribution in [0.15, 0.2) is 36.4 Å². The number of carbonyl (C=O) groups is 2. The Bertz CT molecular complexity index is 933. The number of hydrogen-bond acceptors (Lipinski definition) is 6. The van der Waals surface area contributed by atoms with Gasteiger partial charge in [0.1, 0.15) is 5.82 Å². The number of amides is 2. The van der Waals surface area contributed by atoms with E-state index in [2.05, 4.69) is 20.5 Å². The molecule has 0 spiro atoms. The first-order valence-corrected chi connectivity index (χ1v) is 10.2. The summed E-state index contributed by atoms with van der Waals surface area (Å²) in [5.41, 5.74) is 1.55. The number of benzene rings is 1. The zero-order valence-electron chi connectivity index (χ0n) is 17.0. The third-order valence-corrected chi connectivity index (χ3v) is 5.33. The Kier molecular flexibility index (Phi) is 6.13. The van der Waals surface area contributed by atoms with E-state index >= 15 is 0 Å². The van der Waals surface area contributed by atoms with Crippen molar-refractivity contribution in [1.82, 2.24) is 9.88 Å². The van der Waals surface area contributed by atoms with Crippen molar-refractivity contribution in [2.45, 2.75) is 26.2 Å². The number of ether oxygens (including phenoxy) is 2. The van der Waals surface area contributed by atoms with Crippen molar-refractivity contribution in [1.29, 1.82) is 0 Å². The largest absolute Gasteiger partial charge is 0.454 e. The van der Waals surface area contributed by atoms with Gasteiger partial charge in [0.2, 0.25) is 18.6 Å². The summed E-state index contributed by atoms with van der Waals surface area (Å²) in [7, 11) is 0. The van der Waals surface area contributed by atoms with Gasteiger partial charge in [-0.15, -0.1) is 0 Å². The molecule has 1 unspecified atom stereocenters. The first-order chi connectivity index (χ1) is 14.6. The Balaban J connectivity index is 1.24. The average molecular weight is 410 g/mol. The Morgan fingerprint density at radius 3 is 2.90 bits per heavy atom. The van der Waals surface area contributed by atoms with E-state index in [4.69, 9.17) is 9.47 Å². The second kappa shape index (κ2) is 9.13. The van der Waals surface area contributed by atoms with Gasteiger partial charge in [-0.25, -0.2) is 4.98 Å². The van der Waals surface area contributed by atoms with Crippen LogP contribution in [0.5, 0.6) is 11.5 Å². The number of pyridine rings is 1. The number of piperidine rings is 1.